The van der Waals surface area contributed by atoms with Crippen molar-refractivity contribution >= 4 is 39.4 Å². The summed E-state index contributed by atoms with van der Waals surface area (Å²) in [5.41, 5.74) is -1.96. The summed E-state index contributed by atoms with van der Waals surface area (Å²) in [5, 5.41) is 13.6. The molecule has 1 aliphatic heterocycles. The number of aliphatic carboxylic acids is 1. The molecular weight excluding hydrogens is 559 g/mol. The van der Waals surface area contributed by atoms with Crippen molar-refractivity contribution in [3.05, 3.63) is 48.0 Å². The average Bonchev–Trinajstić information content (AvgIpc) is 2.81. The van der Waals surface area contributed by atoms with Crippen LogP contribution in [0.2, 0.25) is 0 Å². The number of alkyl halides is 3. The Kier molecular flexibility index (Phi) is 8.87. The van der Waals surface area contributed by atoms with E-state index in [0.717, 1.165) is 22.5 Å². The number of nitrogens with one attached hydrogen (secondary N) is 2. The molecule has 1 atom stereocenters. The molecule has 11 nitrogen and oxygen atoms in total. The van der Waals surface area contributed by atoms with Gasteiger partial charge in [0.15, 0.2) is 0 Å². The minimum absolute atomic E-state index is 0.0140. The Hall–Kier alpha value is -4.01. The fourth-order valence-corrected chi connectivity index (χ4v) is 5.24. The number of halogens is 3. The van der Waals surface area contributed by atoms with Crippen molar-refractivity contribution < 1.29 is 50.6 Å². The Morgan fingerprint density at radius 2 is 1.82 bits per heavy atom. The van der Waals surface area contributed by atoms with Crippen LogP contribution in [-0.2, 0) is 30.5 Å². The minimum Gasteiger partial charge on any atom is -0.486 e. The SMILES string of the molecule is CC(C)(C)OC(=O)Nc1ccc2c(c1)N(S(=O)(=O)c1cccc(C(F)(F)F)c1)CC(CC(=O)NCCC(=O)O)O2. The highest BCUT2D eigenvalue weighted by Crippen LogP contribution is 2.40. The number of fused-ring (bicyclic) bond motifs is 1. The van der Waals surface area contributed by atoms with E-state index in [4.69, 9.17) is 14.6 Å². The molecule has 2 aromatic rings. The number of sulfonamides is 1. The molecule has 0 aromatic heterocycles. The summed E-state index contributed by atoms with van der Waals surface area (Å²) in [5.74, 6) is -1.76. The van der Waals surface area contributed by atoms with Gasteiger partial charge in [0.2, 0.25) is 5.91 Å². The van der Waals surface area contributed by atoms with Gasteiger partial charge in [-0.05, 0) is 57.2 Å². The van der Waals surface area contributed by atoms with Gasteiger partial charge in [-0.2, -0.15) is 13.2 Å². The number of carboxylic acids is 1. The number of nitrogens with zero attached hydrogens (tertiary/aromatic N) is 1. The van der Waals surface area contributed by atoms with Gasteiger partial charge in [0.1, 0.15) is 17.5 Å². The van der Waals surface area contributed by atoms with Gasteiger partial charge in [-0.15, -0.1) is 0 Å². The fourth-order valence-electron chi connectivity index (χ4n) is 3.69. The standard InChI is InChI=1S/C25H28F3N3O8S/c1-24(2,3)39-23(35)30-16-7-8-20-19(12-16)31(14-17(38-20)13-21(32)29-10-9-22(33)34)40(36,37)18-6-4-5-15(11-18)25(26,27)28/h4-8,11-12,17H,9-10,13-14H2,1-3H3,(H,29,32)(H,30,35)(H,33,34). The predicted molar refractivity (Wildman–Crippen MR) is 137 cm³/mol. The molecular formula is C25H28F3N3O8S. The maximum absolute atomic E-state index is 13.7. The molecule has 0 aliphatic carbocycles. The van der Waals surface area contributed by atoms with Crippen molar-refractivity contribution in [1.82, 2.24) is 5.32 Å². The van der Waals surface area contributed by atoms with Crippen LogP contribution in [0.25, 0.3) is 0 Å². The Labute approximate surface area is 228 Å². The molecule has 0 bridgehead atoms. The fraction of sp³-hybridized carbons (Fsp3) is 0.400. The molecule has 3 rings (SSSR count). The Morgan fingerprint density at radius 3 is 2.45 bits per heavy atom. The minimum atomic E-state index is -4.80. The number of benzene rings is 2. The zero-order chi connectivity index (χ0) is 29.9. The number of amides is 2. The number of carbonyl (C=O) groups is 3. The Morgan fingerprint density at radius 1 is 1.12 bits per heavy atom. The average molecular weight is 588 g/mol. The van der Waals surface area contributed by atoms with Crippen LogP contribution in [-0.4, -0.2) is 56.3 Å². The molecule has 1 aliphatic rings. The van der Waals surface area contributed by atoms with E-state index < -0.39 is 62.9 Å². The van der Waals surface area contributed by atoms with Gasteiger partial charge in [-0.3, -0.25) is 19.2 Å². The van der Waals surface area contributed by atoms with E-state index >= 15 is 0 Å². The highest BCUT2D eigenvalue weighted by Gasteiger charge is 2.38. The Balaban J connectivity index is 1.97. The second-order valence-electron chi connectivity index (χ2n) is 9.81. The van der Waals surface area contributed by atoms with E-state index in [-0.39, 0.29) is 36.5 Å². The number of hydrogen-bond acceptors (Lipinski definition) is 7. The lowest BCUT2D eigenvalue weighted by Crippen LogP contribution is -2.45. The van der Waals surface area contributed by atoms with Gasteiger partial charge in [0, 0.05) is 12.2 Å². The highest BCUT2D eigenvalue weighted by atomic mass is 32.2. The van der Waals surface area contributed by atoms with Crippen LogP contribution < -0.4 is 19.7 Å². The molecule has 2 aromatic carbocycles. The van der Waals surface area contributed by atoms with Gasteiger partial charge in [-0.1, -0.05) is 6.07 Å². The lowest BCUT2D eigenvalue weighted by atomic mass is 10.1. The van der Waals surface area contributed by atoms with Crippen molar-refractivity contribution in [2.45, 2.75) is 56.4 Å². The van der Waals surface area contributed by atoms with E-state index in [9.17, 15) is 36.0 Å². The highest BCUT2D eigenvalue weighted by molar-refractivity contribution is 7.92. The number of ether oxygens (including phenoxy) is 2. The maximum atomic E-state index is 13.7. The molecule has 0 spiro atoms. The van der Waals surface area contributed by atoms with Crippen LogP contribution in [0.5, 0.6) is 5.75 Å². The molecule has 0 radical (unpaired) electrons. The Bertz CT molecular complexity index is 1390. The number of rotatable bonds is 8. The van der Waals surface area contributed by atoms with Crippen molar-refractivity contribution in [3.8, 4) is 5.75 Å². The lowest BCUT2D eigenvalue weighted by molar-refractivity contribution is -0.138. The third kappa shape index (κ3) is 8.00. The quantitative estimate of drug-likeness (QED) is 0.420. The van der Waals surface area contributed by atoms with Crippen molar-refractivity contribution in [2.24, 2.45) is 0 Å². The molecule has 3 N–H and O–H groups in total. The van der Waals surface area contributed by atoms with E-state index in [2.05, 4.69) is 10.6 Å². The molecule has 218 valence electrons. The number of hydrogen-bond donors (Lipinski definition) is 3. The summed E-state index contributed by atoms with van der Waals surface area (Å²) < 4.78 is 79.1. The molecule has 40 heavy (non-hydrogen) atoms. The first kappa shape index (κ1) is 30.5. The zero-order valence-corrected chi connectivity index (χ0v) is 22.6. The summed E-state index contributed by atoms with van der Waals surface area (Å²) in [6.45, 7) is 4.31. The van der Waals surface area contributed by atoms with E-state index in [0.29, 0.717) is 6.07 Å². The molecule has 15 heteroatoms. The predicted octanol–water partition coefficient (Wildman–Crippen LogP) is 3.99. The lowest BCUT2D eigenvalue weighted by Gasteiger charge is -2.35. The molecule has 0 saturated heterocycles. The van der Waals surface area contributed by atoms with Gasteiger partial charge in [0.25, 0.3) is 10.0 Å². The van der Waals surface area contributed by atoms with Crippen LogP contribution in [0, 0.1) is 0 Å². The van der Waals surface area contributed by atoms with Gasteiger partial charge < -0.3 is 19.9 Å². The van der Waals surface area contributed by atoms with Crippen LogP contribution >= 0.6 is 0 Å². The number of anilines is 2. The van der Waals surface area contributed by atoms with Gasteiger partial charge in [-0.25, -0.2) is 13.2 Å². The number of carbonyl (C=O) groups excluding carboxylic acids is 2. The summed E-state index contributed by atoms with van der Waals surface area (Å²) in [4.78, 5) is 34.6. The molecule has 1 unspecified atom stereocenters. The zero-order valence-electron chi connectivity index (χ0n) is 21.7. The first-order chi connectivity index (χ1) is 18.5. The monoisotopic (exact) mass is 587 g/mol. The van der Waals surface area contributed by atoms with Gasteiger partial charge in [0.05, 0.1) is 35.5 Å². The van der Waals surface area contributed by atoms with Gasteiger partial charge >= 0.3 is 18.2 Å². The first-order valence-electron chi connectivity index (χ1n) is 11.9. The summed E-state index contributed by atoms with van der Waals surface area (Å²) >= 11 is 0. The van der Waals surface area contributed by atoms with Crippen LogP contribution in [0.15, 0.2) is 47.4 Å². The third-order valence-electron chi connectivity index (χ3n) is 5.36. The van der Waals surface area contributed by atoms with Crippen molar-refractivity contribution in [1.29, 1.82) is 0 Å². The van der Waals surface area contributed by atoms with Crippen LogP contribution in [0.4, 0.5) is 29.3 Å². The van der Waals surface area contributed by atoms with Crippen molar-refractivity contribution in [3.63, 3.8) is 0 Å². The van der Waals surface area contributed by atoms with E-state index in [1.807, 2.05) is 0 Å². The normalized spacial score (nSPS) is 15.4. The summed E-state index contributed by atoms with van der Waals surface area (Å²) in [6, 6.07) is 7.20. The number of carboxylic acid groups (broad SMARTS) is 1. The molecule has 0 saturated carbocycles. The summed E-state index contributed by atoms with van der Waals surface area (Å²) in [6.07, 6.45) is -7.39. The smallest absolute Gasteiger partial charge is 0.416 e. The van der Waals surface area contributed by atoms with Crippen LogP contribution in [0.3, 0.4) is 0 Å². The first-order valence-corrected chi connectivity index (χ1v) is 13.4. The molecule has 1 heterocycles. The second kappa shape index (κ2) is 11.6. The second-order valence-corrected chi connectivity index (χ2v) is 11.7. The largest absolute Gasteiger partial charge is 0.486 e. The van der Waals surface area contributed by atoms with Crippen LogP contribution in [0.1, 0.15) is 39.2 Å². The maximum Gasteiger partial charge on any atom is 0.416 e. The van der Waals surface area contributed by atoms with E-state index in [1.165, 1.54) is 18.2 Å². The molecule has 0 fully saturated rings. The third-order valence-corrected chi connectivity index (χ3v) is 7.14. The van der Waals surface area contributed by atoms with Crippen molar-refractivity contribution in [2.75, 3.05) is 22.7 Å². The molecule has 2 amide bonds. The summed E-state index contributed by atoms with van der Waals surface area (Å²) in [7, 11) is -4.63. The topological polar surface area (TPSA) is 151 Å². The van der Waals surface area contributed by atoms with E-state index in [1.54, 1.807) is 20.8 Å².